The van der Waals surface area contributed by atoms with Crippen molar-refractivity contribution in [3.8, 4) is 0 Å². The maximum Gasteiger partial charge on any atom is 0.330 e. The minimum Gasteiger partial charge on any atom is -0.466 e. The van der Waals surface area contributed by atoms with Crippen LogP contribution in [0.25, 0.3) is 0 Å². The molecule has 0 amide bonds. The van der Waals surface area contributed by atoms with Crippen LogP contribution in [0.5, 0.6) is 0 Å². The van der Waals surface area contributed by atoms with E-state index in [0.29, 0.717) is 6.42 Å². The van der Waals surface area contributed by atoms with Gasteiger partial charge in [-0.25, -0.2) is 4.79 Å². The van der Waals surface area contributed by atoms with Crippen molar-refractivity contribution in [1.29, 1.82) is 0 Å². The SMILES string of the molecule is COC(=O)/C=C/C[C@@H](CO)O[Si](C)(C)C(C)(C)C. The molecular weight excluding hydrogens is 248 g/mol. The second-order valence-electron chi connectivity index (χ2n) is 5.84. The zero-order chi connectivity index (χ0) is 14.4. The summed E-state index contributed by atoms with van der Waals surface area (Å²) in [6.07, 6.45) is 3.29. The van der Waals surface area contributed by atoms with Gasteiger partial charge in [0.2, 0.25) is 0 Å². The highest BCUT2D eigenvalue weighted by Crippen LogP contribution is 2.37. The molecule has 0 aliphatic carbocycles. The molecule has 0 bridgehead atoms. The number of ether oxygens (including phenoxy) is 1. The first-order chi connectivity index (χ1) is 8.14. The van der Waals surface area contributed by atoms with Crippen LogP contribution < -0.4 is 0 Å². The van der Waals surface area contributed by atoms with Crippen molar-refractivity contribution in [2.75, 3.05) is 13.7 Å². The predicted molar refractivity (Wildman–Crippen MR) is 74.9 cm³/mol. The molecule has 0 fully saturated rings. The van der Waals surface area contributed by atoms with Crippen molar-refractivity contribution in [2.45, 2.75) is 51.4 Å². The van der Waals surface area contributed by atoms with Gasteiger partial charge in [0, 0.05) is 6.08 Å². The van der Waals surface area contributed by atoms with E-state index in [1.54, 1.807) is 6.08 Å². The van der Waals surface area contributed by atoms with Crippen molar-refractivity contribution < 1.29 is 19.1 Å². The molecule has 18 heavy (non-hydrogen) atoms. The Morgan fingerprint density at radius 2 is 1.94 bits per heavy atom. The minimum atomic E-state index is -1.88. The second kappa shape index (κ2) is 7.06. The van der Waals surface area contributed by atoms with Crippen LogP contribution in [0.1, 0.15) is 27.2 Å². The Morgan fingerprint density at radius 3 is 2.33 bits per heavy atom. The largest absolute Gasteiger partial charge is 0.466 e. The number of carbonyl (C=O) groups excluding carboxylic acids is 1. The van der Waals surface area contributed by atoms with Gasteiger partial charge in [0.15, 0.2) is 8.32 Å². The van der Waals surface area contributed by atoms with Crippen molar-refractivity contribution in [2.24, 2.45) is 0 Å². The van der Waals surface area contributed by atoms with Crippen molar-refractivity contribution in [3.63, 3.8) is 0 Å². The maximum absolute atomic E-state index is 10.9. The first-order valence-electron chi connectivity index (χ1n) is 6.17. The van der Waals surface area contributed by atoms with Gasteiger partial charge in [-0.05, 0) is 24.6 Å². The molecule has 1 atom stereocenters. The average Bonchev–Trinajstić information content (AvgIpc) is 2.25. The molecular formula is C13H26O4Si. The monoisotopic (exact) mass is 274 g/mol. The minimum absolute atomic E-state index is 0.0436. The molecule has 0 aromatic rings. The summed E-state index contributed by atoms with van der Waals surface area (Å²) in [5.41, 5.74) is 0. The summed E-state index contributed by atoms with van der Waals surface area (Å²) >= 11 is 0. The smallest absolute Gasteiger partial charge is 0.330 e. The van der Waals surface area contributed by atoms with Gasteiger partial charge in [-0.3, -0.25) is 0 Å². The molecule has 0 aliphatic heterocycles. The summed E-state index contributed by atoms with van der Waals surface area (Å²) in [4.78, 5) is 10.9. The molecule has 0 saturated carbocycles. The van der Waals surface area contributed by atoms with Crippen molar-refractivity contribution >= 4 is 14.3 Å². The Morgan fingerprint density at radius 1 is 1.39 bits per heavy atom. The van der Waals surface area contributed by atoms with E-state index < -0.39 is 8.32 Å². The van der Waals surface area contributed by atoms with E-state index in [9.17, 15) is 9.90 Å². The van der Waals surface area contributed by atoms with Crippen LogP contribution in [-0.4, -0.2) is 39.2 Å². The van der Waals surface area contributed by atoms with Crippen LogP contribution in [-0.2, 0) is 14.0 Å². The molecule has 0 aliphatic rings. The molecule has 0 rings (SSSR count). The molecule has 0 saturated heterocycles. The lowest BCUT2D eigenvalue weighted by Crippen LogP contribution is -2.44. The fourth-order valence-corrected chi connectivity index (χ4v) is 2.50. The lowest BCUT2D eigenvalue weighted by molar-refractivity contribution is -0.134. The van der Waals surface area contributed by atoms with E-state index in [1.165, 1.54) is 13.2 Å². The highest BCUT2D eigenvalue weighted by atomic mass is 28.4. The molecule has 0 radical (unpaired) electrons. The lowest BCUT2D eigenvalue weighted by Gasteiger charge is -2.38. The lowest BCUT2D eigenvalue weighted by atomic mass is 10.2. The predicted octanol–water partition coefficient (Wildman–Crippen LogP) is 2.49. The first kappa shape index (κ1) is 17.3. The van der Waals surface area contributed by atoms with E-state index in [4.69, 9.17) is 4.43 Å². The fourth-order valence-electron chi connectivity index (χ4n) is 1.14. The van der Waals surface area contributed by atoms with E-state index in [0.717, 1.165) is 0 Å². The number of aliphatic hydroxyl groups excluding tert-OH is 1. The van der Waals surface area contributed by atoms with Gasteiger partial charge < -0.3 is 14.3 Å². The van der Waals surface area contributed by atoms with Crippen LogP contribution in [0.2, 0.25) is 18.1 Å². The van der Waals surface area contributed by atoms with Gasteiger partial charge in [0.1, 0.15) is 0 Å². The summed E-state index contributed by atoms with van der Waals surface area (Å²) in [6, 6.07) is 0. The van der Waals surface area contributed by atoms with Gasteiger partial charge >= 0.3 is 5.97 Å². The molecule has 4 nitrogen and oxygen atoms in total. The maximum atomic E-state index is 10.9. The van der Waals surface area contributed by atoms with Crippen molar-refractivity contribution in [3.05, 3.63) is 12.2 Å². The van der Waals surface area contributed by atoms with E-state index in [1.807, 2.05) is 0 Å². The van der Waals surface area contributed by atoms with Crippen LogP contribution in [0.3, 0.4) is 0 Å². The molecule has 0 heterocycles. The zero-order valence-electron chi connectivity index (χ0n) is 12.3. The number of hydrogen-bond acceptors (Lipinski definition) is 4. The molecule has 106 valence electrons. The molecule has 0 aromatic carbocycles. The Balaban J connectivity index is 4.45. The fraction of sp³-hybridized carbons (Fsp3) is 0.769. The molecule has 0 aromatic heterocycles. The topological polar surface area (TPSA) is 55.8 Å². The van der Waals surface area contributed by atoms with Gasteiger partial charge in [-0.15, -0.1) is 0 Å². The Bertz CT molecular complexity index is 292. The summed E-state index contributed by atoms with van der Waals surface area (Å²) in [7, 11) is -0.549. The number of aliphatic hydroxyl groups is 1. The van der Waals surface area contributed by atoms with Gasteiger partial charge in [0.25, 0.3) is 0 Å². The van der Waals surface area contributed by atoms with Gasteiger partial charge in [0.05, 0.1) is 19.8 Å². The van der Waals surface area contributed by atoms with Crippen LogP contribution in [0.4, 0.5) is 0 Å². The van der Waals surface area contributed by atoms with Crippen LogP contribution in [0.15, 0.2) is 12.2 Å². The van der Waals surface area contributed by atoms with E-state index in [2.05, 4.69) is 38.6 Å². The third kappa shape index (κ3) is 5.80. The Hall–Kier alpha value is -0.653. The number of hydrogen-bond donors (Lipinski definition) is 1. The molecule has 0 spiro atoms. The van der Waals surface area contributed by atoms with E-state index in [-0.39, 0.29) is 23.7 Å². The number of rotatable bonds is 6. The van der Waals surface area contributed by atoms with Crippen LogP contribution >= 0.6 is 0 Å². The van der Waals surface area contributed by atoms with Crippen LogP contribution in [0, 0.1) is 0 Å². The Labute approximate surface area is 111 Å². The molecule has 1 N–H and O–H groups in total. The third-order valence-electron chi connectivity index (χ3n) is 3.33. The average molecular weight is 274 g/mol. The number of methoxy groups -OCH3 is 1. The highest BCUT2D eigenvalue weighted by Gasteiger charge is 2.38. The third-order valence-corrected chi connectivity index (χ3v) is 7.86. The Kier molecular flexibility index (Phi) is 6.81. The quantitative estimate of drug-likeness (QED) is 0.459. The van der Waals surface area contributed by atoms with E-state index >= 15 is 0 Å². The molecule has 5 heteroatoms. The zero-order valence-corrected chi connectivity index (χ0v) is 13.3. The molecule has 0 unspecified atom stereocenters. The summed E-state index contributed by atoms with van der Waals surface area (Å²) in [6.45, 7) is 10.7. The summed E-state index contributed by atoms with van der Waals surface area (Å²) in [5, 5.41) is 9.43. The summed E-state index contributed by atoms with van der Waals surface area (Å²) in [5.74, 6) is -0.390. The van der Waals surface area contributed by atoms with Gasteiger partial charge in [-0.2, -0.15) is 0 Å². The number of carbonyl (C=O) groups is 1. The van der Waals surface area contributed by atoms with Gasteiger partial charge in [-0.1, -0.05) is 26.8 Å². The highest BCUT2D eigenvalue weighted by molar-refractivity contribution is 6.74. The number of esters is 1. The summed E-state index contributed by atoms with van der Waals surface area (Å²) < 4.78 is 10.6. The standard InChI is InChI=1S/C13H26O4Si/c1-13(2,3)18(5,6)17-11(10-14)8-7-9-12(15)16-4/h7,9,11,14H,8,10H2,1-6H3/b9-7+/t11-/m0/s1. The first-order valence-corrected chi connectivity index (χ1v) is 9.08. The second-order valence-corrected chi connectivity index (χ2v) is 10.6. The normalized spacial score (nSPS) is 14.8. The van der Waals surface area contributed by atoms with Crippen molar-refractivity contribution in [1.82, 2.24) is 0 Å².